The fraction of sp³-hybridized carbons (Fsp3) is 0.286. The highest BCUT2D eigenvalue weighted by molar-refractivity contribution is 7.92. The van der Waals surface area contributed by atoms with E-state index in [0.29, 0.717) is 11.3 Å². The number of esters is 1. The molecule has 0 spiro atoms. The van der Waals surface area contributed by atoms with Crippen LogP contribution in [0.15, 0.2) is 29.2 Å². The zero-order valence-corrected chi connectivity index (χ0v) is 13.7. The second-order valence-electron chi connectivity index (χ2n) is 4.62. The Balaban J connectivity index is 2.23. The molecule has 0 fully saturated rings. The molecule has 1 aromatic carbocycles. The van der Waals surface area contributed by atoms with Crippen LogP contribution in [-0.4, -0.2) is 38.3 Å². The monoisotopic (exact) mass is 339 g/mol. The van der Waals surface area contributed by atoms with Gasteiger partial charge in [-0.1, -0.05) is 0 Å². The number of sulfonamides is 1. The van der Waals surface area contributed by atoms with Gasteiger partial charge < -0.3 is 9.47 Å². The molecule has 23 heavy (non-hydrogen) atoms. The number of ether oxygens (including phenoxy) is 2. The summed E-state index contributed by atoms with van der Waals surface area (Å²) in [6.45, 7) is 3.54. The minimum atomic E-state index is -3.83. The average molecular weight is 339 g/mol. The van der Waals surface area contributed by atoms with E-state index in [1.807, 2.05) is 0 Å². The van der Waals surface area contributed by atoms with Gasteiger partial charge in [0.05, 0.1) is 18.6 Å². The van der Waals surface area contributed by atoms with Gasteiger partial charge in [-0.3, -0.25) is 9.82 Å². The number of carbonyl (C=O) groups is 1. The van der Waals surface area contributed by atoms with Crippen molar-refractivity contribution in [1.29, 1.82) is 0 Å². The number of rotatable bonds is 6. The smallest absolute Gasteiger partial charge is 0.356 e. The van der Waals surface area contributed by atoms with E-state index in [1.54, 1.807) is 26.0 Å². The maximum absolute atomic E-state index is 12.4. The van der Waals surface area contributed by atoms with Crippen molar-refractivity contribution < 1.29 is 22.7 Å². The van der Waals surface area contributed by atoms with E-state index >= 15 is 0 Å². The molecule has 0 aliphatic rings. The normalized spacial score (nSPS) is 11.1. The van der Waals surface area contributed by atoms with Gasteiger partial charge in [0.2, 0.25) is 0 Å². The molecule has 0 aliphatic carbocycles. The van der Waals surface area contributed by atoms with Crippen molar-refractivity contribution in [3.63, 3.8) is 0 Å². The number of aromatic nitrogens is 2. The molecule has 8 nitrogen and oxygen atoms in total. The summed E-state index contributed by atoms with van der Waals surface area (Å²) in [7, 11) is -2.33. The first-order chi connectivity index (χ1) is 10.9. The van der Waals surface area contributed by atoms with Crippen molar-refractivity contribution in [2.75, 3.05) is 18.4 Å². The highest BCUT2D eigenvalue weighted by Crippen LogP contribution is 2.23. The summed E-state index contributed by atoms with van der Waals surface area (Å²) in [4.78, 5) is 11.6. The Morgan fingerprint density at radius 1 is 1.35 bits per heavy atom. The van der Waals surface area contributed by atoms with Crippen LogP contribution in [0.2, 0.25) is 0 Å². The maximum Gasteiger partial charge on any atom is 0.356 e. The van der Waals surface area contributed by atoms with Crippen molar-refractivity contribution in [3.05, 3.63) is 35.5 Å². The van der Waals surface area contributed by atoms with Crippen molar-refractivity contribution in [2.45, 2.75) is 18.7 Å². The SMILES string of the molecule is CCOC(=O)c1cc(NS(=O)(=O)c2ccc(OC)cc2C)n[nH]1. The number of hydrogen-bond donors (Lipinski definition) is 2. The number of methoxy groups -OCH3 is 1. The van der Waals surface area contributed by atoms with Gasteiger partial charge in [-0.15, -0.1) is 0 Å². The number of H-pyrrole nitrogens is 1. The number of nitrogens with one attached hydrogen (secondary N) is 2. The van der Waals surface area contributed by atoms with Crippen LogP contribution in [-0.2, 0) is 14.8 Å². The number of benzene rings is 1. The predicted octanol–water partition coefficient (Wildman–Crippen LogP) is 1.70. The van der Waals surface area contributed by atoms with Crippen LogP contribution in [0.3, 0.4) is 0 Å². The molecule has 1 heterocycles. The van der Waals surface area contributed by atoms with Crippen molar-refractivity contribution in [2.24, 2.45) is 0 Å². The van der Waals surface area contributed by atoms with E-state index in [1.165, 1.54) is 19.2 Å². The molecule has 0 radical (unpaired) electrons. The third kappa shape index (κ3) is 3.81. The van der Waals surface area contributed by atoms with Crippen LogP contribution in [0.25, 0.3) is 0 Å². The zero-order valence-electron chi connectivity index (χ0n) is 12.9. The van der Waals surface area contributed by atoms with Gasteiger partial charge >= 0.3 is 5.97 Å². The summed E-state index contributed by atoms with van der Waals surface area (Å²) in [5, 5.41) is 6.18. The van der Waals surface area contributed by atoms with Gasteiger partial charge in [-0.2, -0.15) is 5.10 Å². The van der Waals surface area contributed by atoms with Crippen LogP contribution in [0.1, 0.15) is 23.0 Å². The van der Waals surface area contributed by atoms with Crippen molar-refractivity contribution >= 4 is 21.8 Å². The van der Waals surface area contributed by atoms with Crippen LogP contribution in [0.5, 0.6) is 5.75 Å². The van der Waals surface area contributed by atoms with Gasteiger partial charge in [0.25, 0.3) is 10.0 Å². The fourth-order valence-corrected chi connectivity index (χ4v) is 3.15. The number of anilines is 1. The quantitative estimate of drug-likeness (QED) is 0.775. The van der Waals surface area contributed by atoms with Gasteiger partial charge in [0.1, 0.15) is 11.4 Å². The Morgan fingerprint density at radius 2 is 2.09 bits per heavy atom. The molecule has 2 rings (SSSR count). The summed E-state index contributed by atoms with van der Waals surface area (Å²) >= 11 is 0. The van der Waals surface area contributed by atoms with Crippen LogP contribution >= 0.6 is 0 Å². The molecule has 0 saturated heterocycles. The van der Waals surface area contributed by atoms with Gasteiger partial charge in [0.15, 0.2) is 5.82 Å². The maximum atomic E-state index is 12.4. The summed E-state index contributed by atoms with van der Waals surface area (Å²) < 4.78 is 37.0. The first kappa shape index (κ1) is 16.8. The highest BCUT2D eigenvalue weighted by Gasteiger charge is 2.20. The Bertz CT molecular complexity index is 814. The average Bonchev–Trinajstić information content (AvgIpc) is 2.94. The molecule has 124 valence electrons. The van der Waals surface area contributed by atoms with Crippen molar-refractivity contribution in [1.82, 2.24) is 10.2 Å². The molecule has 1 aromatic heterocycles. The van der Waals surface area contributed by atoms with Crippen LogP contribution < -0.4 is 9.46 Å². The number of aromatic amines is 1. The number of nitrogens with zero attached hydrogens (tertiary/aromatic N) is 1. The first-order valence-corrected chi connectivity index (χ1v) is 8.25. The predicted molar refractivity (Wildman–Crippen MR) is 83.1 cm³/mol. The molecule has 0 aliphatic heterocycles. The van der Waals surface area contributed by atoms with Crippen LogP contribution in [0.4, 0.5) is 5.82 Å². The lowest BCUT2D eigenvalue weighted by atomic mass is 10.2. The number of carbonyl (C=O) groups excluding carboxylic acids is 1. The summed E-state index contributed by atoms with van der Waals surface area (Å²) in [5.74, 6) is -0.0415. The molecule has 0 saturated carbocycles. The molecule has 9 heteroatoms. The van der Waals surface area contributed by atoms with Crippen molar-refractivity contribution in [3.8, 4) is 5.75 Å². The number of hydrogen-bond acceptors (Lipinski definition) is 6. The zero-order chi connectivity index (χ0) is 17.0. The minimum Gasteiger partial charge on any atom is -0.497 e. The molecule has 2 N–H and O–H groups in total. The lowest BCUT2D eigenvalue weighted by Crippen LogP contribution is -2.14. The Labute approximate surface area is 133 Å². The highest BCUT2D eigenvalue weighted by atomic mass is 32.2. The third-order valence-corrected chi connectivity index (χ3v) is 4.50. The van der Waals surface area contributed by atoms with Gasteiger partial charge in [-0.25, -0.2) is 13.2 Å². The molecular weight excluding hydrogens is 322 g/mol. The van der Waals surface area contributed by atoms with E-state index in [4.69, 9.17) is 9.47 Å². The molecular formula is C14H17N3O5S. The Morgan fingerprint density at radius 3 is 2.70 bits per heavy atom. The lowest BCUT2D eigenvalue weighted by molar-refractivity contribution is 0.0519. The van der Waals surface area contributed by atoms with Gasteiger partial charge in [0, 0.05) is 6.07 Å². The molecule has 0 bridgehead atoms. The van der Waals surface area contributed by atoms with E-state index in [0.717, 1.165) is 0 Å². The molecule has 0 amide bonds. The molecule has 0 unspecified atom stereocenters. The van der Waals surface area contributed by atoms with E-state index in [9.17, 15) is 13.2 Å². The topological polar surface area (TPSA) is 110 Å². The Kier molecular flexibility index (Phi) is 4.89. The number of aryl methyl sites for hydroxylation is 1. The second kappa shape index (κ2) is 6.69. The van der Waals surface area contributed by atoms with Crippen LogP contribution in [0, 0.1) is 6.92 Å². The summed E-state index contributed by atoms with van der Waals surface area (Å²) in [5.41, 5.74) is 0.592. The molecule has 2 aromatic rings. The minimum absolute atomic E-state index is 0.00303. The molecule has 0 atom stereocenters. The lowest BCUT2D eigenvalue weighted by Gasteiger charge is -2.09. The summed E-state index contributed by atoms with van der Waals surface area (Å²) in [6.07, 6.45) is 0. The second-order valence-corrected chi connectivity index (χ2v) is 6.28. The Hall–Kier alpha value is -2.55. The van der Waals surface area contributed by atoms with E-state index in [-0.39, 0.29) is 23.0 Å². The van der Waals surface area contributed by atoms with E-state index < -0.39 is 16.0 Å². The van der Waals surface area contributed by atoms with Gasteiger partial charge in [-0.05, 0) is 37.6 Å². The fourth-order valence-electron chi connectivity index (χ4n) is 1.93. The van der Waals surface area contributed by atoms with E-state index in [2.05, 4.69) is 14.9 Å². The summed E-state index contributed by atoms with van der Waals surface area (Å²) in [6, 6.07) is 5.88. The largest absolute Gasteiger partial charge is 0.497 e. The standard InChI is InChI=1S/C14H17N3O5S/c1-4-22-14(18)11-8-13(16-15-11)17-23(19,20)12-6-5-10(21-3)7-9(12)2/h5-8H,4H2,1-3H3,(H2,15,16,17). The third-order valence-electron chi connectivity index (χ3n) is 2.98. The first-order valence-electron chi connectivity index (χ1n) is 6.77.